The summed E-state index contributed by atoms with van der Waals surface area (Å²) in [7, 11) is 0. The Morgan fingerprint density at radius 3 is 2.17 bits per heavy atom. The minimum atomic E-state index is 1.13. The fourth-order valence-electron chi connectivity index (χ4n) is 2.33. The third kappa shape index (κ3) is 1.58. The zero-order chi connectivity index (χ0) is 8.60. The zero-order valence-corrected chi connectivity index (χ0v) is 9.02. The first-order valence-corrected chi connectivity index (χ1v) is 5.40. The highest BCUT2D eigenvalue weighted by molar-refractivity contribution is 9.11. The van der Waals surface area contributed by atoms with Gasteiger partial charge in [0.2, 0.25) is 0 Å². The van der Waals surface area contributed by atoms with Crippen molar-refractivity contribution in [3.63, 3.8) is 0 Å². The number of hydrogen-bond donors (Lipinski definition) is 0. The molecule has 2 nitrogen and oxygen atoms in total. The third-order valence-electron chi connectivity index (χ3n) is 3.18. The molecule has 0 saturated carbocycles. The first-order valence-electron chi connectivity index (χ1n) is 4.61. The molecule has 3 heteroatoms. The largest absolute Gasteiger partial charge is 0.316 e. The maximum atomic E-state index is 3.95. The Morgan fingerprint density at radius 2 is 1.75 bits per heavy atom. The summed E-state index contributed by atoms with van der Waals surface area (Å²) in [6, 6.07) is 0. The quantitative estimate of drug-likeness (QED) is 0.643. The van der Waals surface area contributed by atoms with E-state index in [1.54, 1.807) is 0 Å². The van der Waals surface area contributed by atoms with E-state index in [1.807, 2.05) is 0 Å². The van der Waals surface area contributed by atoms with Crippen molar-refractivity contribution in [3.05, 3.63) is 11.1 Å². The van der Waals surface area contributed by atoms with E-state index in [4.69, 9.17) is 0 Å². The van der Waals surface area contributed by atoms with Gasteiger partial charge in [0.15, 0.2) is 0 Å². The van der Waals surface area contributed by atoms with Crippen LogP contribution in [0.5, 0.6) is 0 Å². The molecule has 3 fully saturated rings. The first kappa shape index (κ1) is 8.73. The lowest BCUT2D eigenvalue weighted by molar-refractivity contribution is -0.936. The smallest absolute Gasteiger partial charge is 0.110 e. The lowest BCUT2D eigenvalue weighted by Gasteiger charge is -2.50. The fourth-order valence-corrected chi connectivity index (χ4v) is 2.86. The molecule has 0 aromatic heterocycles. The van der Waals surface area contributed by atoms with Crippen LogP contribution in [0.4, 0.5) is 0 Å². The Hall–Kier alpha value is 0.140. The summed E-state index contributed by atoms with van der Waals surface area (Å²) in [5.41, 5.74) is 0. The third-order valence-corrected chi connectivity index (χ3v) is 3.43. The number of hydrogen-bond acceptors (Lipinski definition) is 1. The van der Waals surface area contributed by atoms with E-state index in [0.717, 1.165) is 11.0 Å². The molecule has 0 N–H and O–H groups in total. The maximum absolute atomic E-state index is 3.95. The SMILES string of the molecule is C=C(Br)C[N+]12CCN(CC1)CC2. The predicted octanol–water partition coefficient (Wildman–Crippen LogP) is 1.04. The van der Waals surface area contributed by atoms with Gasteiger partial charge >= 0.3 is 0 Å². The van der Waals surface area contributed by atoms with E-state index < -0.39 is 0 Å². The van der Waals surface area contributed by atoms with Crippen molar-refractivity contribution >= 4 is 15.9 Å². The van der Waals surface area contributed by atoms with Gasteiger partial charge in [-0.2, -0.15) is 0 Å². The van der Waals surface area contributed by atoms with E-state index in [0.29, 0.717) is 0 Å². The minimum Gasteiger partial charge on any atom is -0.316 e. The monoisotopic (exact) mass is 231 g/mol. The molecule has 12 heavy (non-hydrogen) atoms. The van der Waals surface area contributed by atoms with Crippen LogP contribution in [0, 0.1) is 0 Å². The zero-order valence-electron chi connectivity index (χ0n) is 7.43. The van der Waals surface area contributed by atoms with Gasteiger partial charge in [0.25, 0.3) is 0 Å². The highest BCUT2D eigenvalue weighted by Gasteiger charge is 2.38. The molecule has 3 heterocycles. The molecule has 0 amide bonds. The first-order chi connectivity index (χ1) is 5.70. The molecule has 3 saturated heterocycles. The highest BCUT2D eigenvalue weighted by Crippen LogP contribution is 2.22. The van der Waals surface area contributed by atoms with Crippen LogP contribution in [0.1, 0.15) is 0 Å². The van der Waals surface area contributed by atoms with Gasteiger partial charge in [-0.25, -0.2) is 0 Å². The topological polar surface area (TPSA) is 3.24 Å². The average molecular weight is 232 g/mol. The summed E-state index contributed by atoms with van der Waals surface area (Å²) in [6.45, 7) is 12.9. The molecule has 68 valence electrons. The van der Waals surface area contributed by atoms with Gasteiger partial charge in [-0.15, -0.1) is 0 Å². The van der Waals surface area contributed by atoms with Crippen molar-refractivity contribution in [1.82, 2.24) is 4.90 Å². The number of fused-ring (bicyclic) bond motifs is 3. The molecule has 0 aliphatic carbocycles. The summed E-state index contributed by atoms with van der Waals surface area (Å²) in [5, 5.41) is 0. The molecule has 0 aromatic carbocycles. The molecule has 3 rings (SSSR count). The summed E-state index contributed by atoms with van der Waals surface area (Å²) < 4.78 is 2.44. The maximum Gasteiger partial charge on any atom is 0.110 e. The van der Waals surface area contributed by atoms with Crippen molar-refractivity contribution < 1.29 is 4.48 Å². The molecule has 3 aliphatic heterocycles. The van der Waals surface area contributed by atoms with Crippen molar-refractivity contribution in [2.75, 3.05) is 45.8 Å². The van der Waals surface area contributed by atoms with Crippen molar-refractivity contribution in [2.45, 2.75) is 0 Å². The Bertz CT molecular complexity index is 181. The van der Waals surface area contributed by atoms with Crippen LogP contribution in [0.3, 0.4) is 0 Å². The van der Waals surface area contributed by atoms with E-state index in [2.05, 4.69) is 27.4 Å². The van der Waals surface area contributed by atoms with Gasteiger partial charge in [0.1, 0.15) is 6.54 Å². The molecule has 0 atom stereocenters. The second kappa shape index (κ2) is 3.13. The van der Waals surface area contributed by atoms with E-state index in [9.17, 15) is 0 Å². The van der Waals surface area contributed by atoms with E-state index in [-0.39, 0.29) is 0 Å². The number of halogens is 1. The normalized spacial score (nSPS) is 39.9. The molecule has 0 aromatic rings. The number of quaternary nitrogens is 1. The van der Waals surface area contributed by atoms with Crippen molar-refractivity contribution in [3.8, 4) is 0 Å². The van der Waals surface area contributed by atoms with Crippen LogP contribution in [0.15, 0.2) is 11.1 Å². The summed E-state index contributed by atoms with van der Waals surface area (Å²) >= 11 is 3.48. The molecule has 3 aliphatic rings. The highest BCUT2D eigenvalue weighted by atomic mass is 79.9. The summed E-state index contributed by atoms with van der Waals surface area (Å²) in [5.74, 6) is 0. The van der Waals surface area contributed by atoms with Gasteiger partial charge in [-0.1, -0.05) is 22.5 Å². The van der Waals surface area contributed by atoms with Crippen LogP contribution in [0.2, 0.25) is 0 Å². The summed E-state index contributed by atoms with van der Waals surface area (Å²) in [4.78, 5) is 2.57. The number of rotatable bonds is 2. The molecule has 0 radical (unpaired) electrons. The van der Waals surface area contributed by atoms with Crippen LogP contribution in [-0.4, -0.2) is 55.2 Å². The standard InChI is InChI=1S/C9H16BrN2/c1-9(10)8-12-5-2-11(3-6-12)4-7-12/h1-8H2/q+1. The van der Waals surface area contributed by atoms with Crippen LogP contribution in [-0.2, 0) is 0 Å². The molecule has 2 bridgehead atoms. The van der Waals surface area contributed by atoms with Crippen molar-refractivity contribution in [2.24, 2.45) is 0 Å². The minimum absolute atomic E-state index is 1.13. The lowest BCUT2D eigenvalue weighted by Crippen LogP contribution is -2.67. The van der Waals surface area contributed by atoms with Crippen LogP contribution >= 0.6 is 15.9 Å². The predicted molar refractivity (Wildman–Crippen MR) is 54.2 cm³/mol. The Labute approximate surface area is 82.6 Å². The fraction of sp³-hybridized carbons (Fsp3) is 0.778. The van der Waals surface area contributed by atoms with Gasteiger partial charge < -0.3 is 4.48 Å². The molecule has 0 unspecified atom stereocenters. The lowest BCUT2D eigenvalue weighted by atomic mass is 10.1. The Balaban J connectivity index is 2.03. The second-order valence-corrected chi connectivity index (χ2v) is 5.15. The van der Waals surface area contributed by atoms with Crippen LogP contribution in [0.25, 0.3) is 0 Å². The molecular weight excluding hydrogens is 216 g/mol. The van der Waals surface area contributed by atoms with Gasteiger partial charge in [0, 0.05) is 24.1 Å². The second-order valence-electron chi connectivity index (χ2n) is 4.03. The van der Waals surface area contributed by atoms with E-state index >= 15 is 0 Å². The van der Waals surface area contributed by atoms with Gasteiger partial charge in [0.05, 0.1) is 19.6 Å². The average Bonchev–Trinajstić information content (AvgIpc) is 2.05. The van der Waals surface area contributed by atoms with E-state index in [1.165, 1.54) is 43.8 Å². The number of piperazine rings is 3. The Kier molecular flexibility index (Phi) is 2.27. The van der Waals surface area contributed by atoms with Gasteiger partial charge in [-0.05, 0) is 0 Å². The molecule has 0 spiro atoms. The van der Waals surface area contributed by atoms with Gasteiger partial charge in [-0.3, -0.25) is 4.90 Å². The summed E-state index contributed by atoms with van der Waals surface area (Å²) in [6.07, 6.45) is 0. The van der Waals surface area contributed by atoms with Crippen LogP contribution < -0.4 is 0 Å². The van der Waals surface area contributed by atoms with Crippen molar-refractivity contribution in [1.29, 1.82) is 0 Å². The number of nitrogens with zero attached hydrogens (tertiary/aromatic N) is 2. The Morgan fingerprint density at radius 1 is 1.25 bits per heavy atom. The molecular formula is C9H16BrN2+.